The molecule has 1 saturated heterocycles. The van der Waals surface area contributed by atoms with Gasteiger partial charge in [-0.25, -0.2) is 4.39 Å². The zero-order chi connectivity index (χ0) is 21.5. The van der Waals surface area contributed by atoms with Gasteiger partial charge in [-0.15, -0.1) is 0 Å². The second-order valence-electron chi connectivity index (χ2n) is 8.09. The van der Waals surface area contributed by atoms with Crippen molar-refractivity contribution < 1.29 is 8.91 Å². The highest BCUT2D eigenvalue weighted by Gasteiger charge is 2.36. The molecule has 160 valence electrons. The Morgan fingerprint density at radius 2 is 1.84 bits per heavy atom. The van der Waals surface area contributed by atoms with E-state index in [2.05, 4.69) is 33.6 Å². The van der Waals surface area contributed by atoms with Crippen LogP contribution in [0.2, 0.25) is 0 Å². The third-order valence-corrected chi connectivity index (χ3v) is 6.09. The van der Waals surface area contributed by atoms with Crippen LogP contribution in [0.3, 0.4) is 0 Å². The average Bonchev–Trinajstić information content (AvgIpc) is 3.29. The molecule has 1 aliphatic rings. The van der Waals surface area contributed by atoms with E-state index in [0.29, 0.717) is 23.6 Å². The minimum Gasteiger partial charge on any atom is -0.359 e. The van der Waals surface area contributed by atoms with Gasteiger partial charge < -0.3 is 14.7 Å². The van der Waals surface area contributed by atoms with Gasteiger partial charge in [0, 0.05) is 11.6 Å². The second kappa shape index (κ2) is 9.86. The Kier molecular flexibility index (Phi) is 6.76. The zero-order valence-corrected chi connectivity index (χ0v) is 17.6. The first kappa shape index (κ1) is 21.2. The molecule has 0 unspecified atom stereocenters. The molecule has 0 radical (unpaired) electrons. The molecule has 2 heterocycles. The minimum absolute atomic E-state index is 0.301. The molecule has 1 aliphatic heterocycles. The first-order valence-corrected chi connectivity index (χ1v) is 10.8. The van der Waals surface area contributed by atoms with Crippen molar-refractivity contribution in [2.45, 2.75) is 31.2 Å². The molecular weight excluding hydrogens is 391 g/mol. The number of nitrogens with one attached hydrogen (secondary N) is 1. The Balaban J connectivity index is 1.18. The van der Waals surface area contributed by atoms with E-state index < -0.39 is 0 Å². The third kappa shape index (κ3) is 5.01. The van der Waals surface area contributed by atoms with E-state index in [1.165, 1.54) is 6.07 Å². The Labute approximate surface area is 182 Å². The van der Waals surface area contributed by atoms with Crippen LogP contribution in [-0.2, 0) is 12.0 Å². The van der Waals surface area contributed by atoms with Crippen LogP contribution in [0.5, 0.6) is 0 Å². The van der Waals surface area contributed by atoms with Gasteiger partial charge in [0.05, 0.1) is 18.0 Å². The predicted molar refractivity (Wildman–Crippen MR) is 118 cm³/mol. The van der Waals surface area contributed by atoms with Gasteiger partial charge in [-0.2, -0.15) is 5.26 Å². The van der Waals surface area contributed by atoms with Crippen molar-refractivity contribution in [1.82, 2.24) is 15.4 Å². The molecule has 1 fully saturated rings. The average molecular weight is 419 g/mol. The molecule has 5 nitrogen and oxygen atoms in total. The van der Waals surface area contributed by atoms with Crippen LogP contribution in [0.15, 0.2) is 65.2 Å². The predicted octanol–water partition coefficient (Wildman–Crippen LogP) is 4.52. The summed E-state index contributed by atoms with van der Waals surface area (Å²) < 4.78 is 19.2. The van der Waals surface area contributed by atoms with Gasteiger partial charge >= 0.3 is 0 Å². The van der Waals surface area contributed by atoms with Crippen molar-refractivity contribution in [3.63, 3.8) is 0 Å². The number of aromatic nitrogens is 1. The summed E-state index contributed by atoms with van der Waals surface area (Å²) in [5.41, 5.74) is 1.76. The fraction of sp³-hybridized carbons (Fsp3) is 0.360. The number of benzene rings is 2. The lowest BCUT2D eigenvalue weighted by molar-refractivity contribution is 0.184. The van der Waals surface area contributed by atoms with Gasteiger partial charge in [0.1, 0.15) is 11.5 Å². The first-order valence-electron chi connectivity index (χ1n) is 10.8. The van der Waals surface area contributed by atoms with Gasteiger partial charge in [0.2, 0.25) is 0 Å². The van der Waals surface area contributed by atoms with Crippen LogP contribution in [-0.4, -0.2) is 36.2 Å². The summed E-state index contributed by atoms with van der Waals surface area (Å²) >= 11 is 0. The molecular formula is C25H27FN4O. The van der Waals surface area contributed by atoms with Crippen LogP contribution >= 0.6 is 0 Å². The van der Waals surface area contributed by atoms with Gasteiger partial charge in [0.15, 0.2) is 5.76 Å². The number of piperidine rings is 1. The van der Waals surface area contributed by atoms with Gasteiger partial charge in [-0.1, -0.05) is 47.6 Å². The van der Waals surface area contributed by atoms with Crippen LogP contribution in [0, 0.1) is 17.1 Å². The third-order valence-electron chi connectivity index (χ3n) is 6.09. The fourth-order valence-corrected chi connectivity index (χ4v) is 4.21. The Morgan fingerprint density at radius 3 is 2.58 bits per heavy atom. The van der Waals surface area contributed by atoms with E-state index in [4.69, 9.17) is 4.52 Å². The summed E-state index contributed by atoms with van der Waals surface area (Å²) in [5, 5.41) is 17.2. The molecule has 1 N–H and O–H groups in total. The Morgan fingerprint density at radius 1 is 1.10 bits per heavy atom. The lowest BCUT2D eigenvalue weighted by atomic mass is 9.74. The standard InChI is InChI=1S/C25H27FN4O/c26-23-10-5-4-9-22(23)24-17-21(31-29-24)18-28-13-6-14-30-15-11-25(19-27,12-16-30)20-7-2-1-3-8-20/h1-5,7-10,17,28H,6,11-16,18H2. The molecule has 6 heteroatoms. The number of likely N-dealkylation sites (tertiary alicyclic amines) is 1. The van der Waals surface area contributed by atoms with Gasteiger partial charge in [0.25, 0.3) is 0 Å². The number of hydrogen-bond acceptors (Lipinski definition) is 5. The molecule has 0 aliphatic carbocycles. The summed E-state index contributed by atoms with van der Waals surface area (Å²) in [6.45, 7) is 4.30. The maximum atomic E-state index is 13.9. The van der Waals surface area contributed by atoms with E-state index in [1.807, 2.05) is 18.2 Å². The van der Waals surface area contributed by atoms with Crippen LogP contribution in [0.1, 0.15) is 30.6 Å². The quantitative estimate of drug-likeness (QED) is 0.545. The van der Waals surface area contributed by atoms with E-state index in [9.17, 15) is 9.65 Å². The highest BCUT2D eigenvalue weighted by molar-refractivity contribution is 5.59. The molecule has 2 aromatic carbocycles. The lowest BCUT2D eigenvalue weighted by Crippen LogP contribution is -2.42. The maximum absolute atomic E-state index is 13.9. The Hall–Kier alpha value is -3.01. The Bertz CT molecular complexity index is 1020. The van der Waals surface area contributed by atoms with Crippen LogP contribution in [0.4, 0.5) is 4.39 Å². The summed E-state index contributed by atoms with van der Waals surface area (Å²) in [7, 11) is 0. The summed E-state index contributed by atoms with van der Waals surface area (Å²) in [6.07, 6.45) is 2.76. The maximum Gasteiger partial charge on any atom is 0.151 e. The summed E-state index contributed by atoms with van der Waals surface area (Å²) in [6, 6.07) is 21.1. The van der Waals surface area contributed by atoms with Crippen molar-refractivity contribution in [2.75, 3.05) is 26.2 Å². The molecule has 4 rings (SSSR count). The molecule has 0 bridgehead atoms. The molecule has 3 aromatic rings. The SMILES string of the molecule is N#CC1(c2ccccc2)CCN(CCCNCc2cc(-c3ccccc3F)no2)CC1. The van der Waals surface area contributed by atoms with Crippen molar-refractivity contribution in [2.24, 2.45) is 0 Å². The number of rotatable bonds is 8. The zero-order valence-electron chi connectivity index (χ0n) is 17.6. The monoisotopic (exact) mass is 418 g/mol. The largest absolute Gasteiger partial charge is 0.359 e. The van der Waals surface area contributed by atoms with Gasteiger partial charge in [-0.3, -0.25) is 0 Å². The number of nitrogens with zero attached hydrogens (tertiary/aromatic N) is 3. The van der Waals surface area contributed by atoms with E-state index in [-0.39, 0.29) is 11.2 Å². The molecule has 0 spiro atoms. The normalized spacial score (nSPS) is 16.1. The van der Waals surface area contributed by atoms with E-state index in [1.54, 1.807) is 24.3 Å². The highest BCUT2D eigenvalue weighted by atomic mass is 19.1. The molecule has 0 amide bonds. The van der Waals surface area contributed by atoms with E-state index in [0.717, 1.165) is 51.0 Å². The summed E-state index contributed by atoms with van der Waals surface area (Å²) in [4.78, 5) is 2.44. The topological polar surface area (TPSA) is 65.1 Å². The van der Waals surface area contributed by atoms with Crippen molar-refractivity contribution in [3.05, 3.63) is 77.8 Å². The molecule has 0 saturated carbocycles. The second-order valence-corrected chi connectivity index (χ2v) is 8.09. The van der Waals surface area contributed by atoms with E-state index >= 15 is 0 Å². The number of hydrogen-bond donors (Lipinski definition) is 1. The van der Waals surface area contributed by atoms with Crippen molar-refractivity contribution >= 4 is 0 Å². The highest BCUT2D eigenvalue weighted by Crippen LogP contribution is 2.34. The van der Waals surface area contributed by atoms with Crippen LogP contribution < -0.4 is 5.32 Å². The summed E-state index contributed by atoms with van der Waals surface area (Å²) in [5.74, 6) is 0.391. The smallest absolute Gasteiger partial charge is 0.151 e. The molecule has 1 aromatic heterocycles. The molecule has 0 atom stereocenters. The number of halogens is 1. The molecule has 31 heavy (non-hydrogen) atoms. The van der Waals surface area contributed by atoms with Gasteiger partial charge in [-0.05, 0) is 63.1 Å². The lowest BCUT2D eigenvalue weighted by Gasteiger charge is -2.37. The fourth-order valence-electron chi connectivity index (χ4n) is 4.21. The minimum atomic E-state index is -0.349. The van der Waals surface area contributed by atoms with Crippen molar-refractivity contribution in [1.29, 1.82) is 5.26 Å². The number of nitriles is 1. The van der Waals surface area contributed by atoms with Crippen molar-refractivity contribution in [3.8, 4) is 17.3 Å². The first-order chi connectivity index (χ1) is 15.2. The van der Waals surface area contributed by atoms with Crippen LogP contribution in [0.25, 0.3) is 11.3 Å².